The Morgan fingerprint density at radius 3 is 2.63 bits per heavy atom. The summed E-state index contributed by atoms with van der Waals surface area (Å²) in [7, 11) is 0. The maximum absolute atomic E-state index is 12.9. The van der Waals surface area contributed by atoms with Crippen LogP contribution in [-0.2, 0) is 11.8 Å². The van der Waals surface area contributed by atoms with E-state index in [9.17, 15) is 9.90 Å². The molecule has 1 aromatic carbocycles. The van der Waals surface area contributed by atoms with Gasteiger partial charge in [-0.05, 0) is 90.3 Å². The Morgan fingerprint density at radius 2 is 1.91 bits per heavy atom. The molecule has 1 unspecified atom stereocenters. The predicted octanol–water partition coefficient (Wildman–Crippen LogP) is 5.68. The van der Waals surface area contributed by atoms with E-state index < -0.39 is 0 Å². The molecule has 5 nitrogen and oxygen atoms in total. The molecule has 3 aromatic rings. The number of hydrogen-bond acceptors (Lipinski definition) is 5. The molecular weight excluding hydrogens is 434 g/mol. The topological polar surface area (TPSA) is 76.0 Å². The third-order valence-electron chi connectivity index (χ3n) is 8.01. The van der Waals surface area contributed by atoms with Crippen LogP contribution in [0.5, 0.6) is 0 Å². The van der Waals surface area contributed by atoms with Gasteiger partial charge in [0.25, 0.3) is 0 Å². The number of aliphatic hydroxyl groups is 1. The quantitative estimate of drug-likeness (QED) is 0.455. The van der Waals surface area contributed by atoms with Crippen LogP contribution in [0.1, 0.15) is 84.2 Å². The number of benzene rings is 1. The Morgan fingerprint density at radius 1 is 1.11 bits per heavy atom. The molecule has 0 aliphatic heterocycles. The van der Waals surface area contributed by atoms with Crippen LogP contribution < -0.4 is 0 Å². The van der Waals surface area contributed by atoms with Gasteiger partial charge >= 0.3 is 0 Å². The number of hydrogen-bond donors (Lipinski definition) is 1. The van der Waals surface area contributed by atoms with Crippen LogP contribution in [0.25, 0.3) is 16.8 Å². The smallest absolute Gasteiger partial charge is 0.165 e. The molecule has 2 saturated carbocycles. The molecule has 2 heterocycles. The van der Waals surface area contributed by atoms with Gasteiger partial charge in [0.2, 0.25) is 0 Å². The first-order chi connectivity index (χ1) is 17.1. The molecule has 6 rings (SSSR count). The van der Waals surface area contributed by atoms with Crippen LogP contribution in [0.4, 0.5) is 0 Å². The zero-order valence-corrected chi connectivity index (χ0v) is 20.2. The Bertz CT molecular complexity index is 1300. The van der Waals surface area contributed by atoms with E-state index in [4.69, 9.17) is 9.97 Å². The number of aromatic nitrogens is 3. The predicted molar refractivity (Wildman–Crippen MR) is 136 cm³/mol. The molecular formula is C30H31N3O2. The zero-order chi connectivity index (χ0) is 24.0. The first-order valence-corrected chi connectivity index (χ1v) is 12.8. The number of fused-ring (bicyclic) bond motifs is 2. The zero-order valence-electron chi connectivity index (χ0n) is 20.2. The summed E-state index contributed by atoms with van der Waals surface area (Å²) in [6, 6.07) is 10.5. The summed E-state index contributed by atoms with van der Waals surface area (Å²) in [5.41, 5.74) is 7.85. The number of rotatable bonds is 7. The molecule has 1 N–H and O–H groups in total. The largest absolute Gasteiger partial charge is 0.396 e. The molecule has 5 heteroatoms. The highest BCUT2D eigenvalue weighted by Gasteiger charge is 2.45. The molecule has 2 aromatic heterocycles. The van der Waals surface area contributed by atoms with Crippen molar-refractivity contribution >= 4 is 11.4 Å². The van der Waals surface area contributed by atoms with Gasteiger partial charge in [-0.25, -0.2) is 9.97 Å². The molecule has 0 amide bonds. The van der Waals surface area contributed by atoms with Gasteiger partial charge in [-0.3, -0.25) is 9.78 Å². The lowest BCUT2D eigenvalue weighted by atomic mass is 9.86. The average Bonchev–Trinajstić information content (AvgIpc) is 3.81. The third-order valence-corrected chi connectivity index (χ3v) is 8.01. The molecule has 0 radical (unpaired) electrons. The van der Waals surface area contributed by atoms with Crippen molar-refractivity contribution in [3.63, 3.8) is 0 Å². The van der Waals surface area contributed by atoms with Crippen molar-refractivity contribution in [3.05, 3.63) is 83.1 Å². The molecule has 0 bridgehead atoms. The molecule has 3 aliphatic rings. The third kappa shape index (κ3) is 4.34. The van der Waals surface area contributed by atoms with Crippen molar-refractivity contribution in [1.82, 2.24) is 15.0 Å². The van der Waals surface area contributed by atoms with E-state index in [1.807, 2.05) is 31.6 Å². The molecule has 2 fully saturated rings. The Hall–Kier alpha value is -3.18. The minimum atomic E-state index is -0.184. The summed E-state index contributed by atoms with van der Waals surface area (Å²) in [4.78, 5) is 27.0. The minimum absolute atomic E-state index is 0.0293. The second-order valence-corrected chi connectivity index (χ2v) is 10.6. The van der Waals surface area contributed by atoms with E-state index in [0.717, 1.165) is 41.1 Å². The lowest BCUT2D eigenvalue weighted by Crippen LogP contribution is -2.14. The van der Waals surface area contributed by atoms with E-state index in [1.165, 1.54) is 42.4 Å². The highest BCUT2D eigenvalue weighted by Crippen LogP contribution is 2.54. The van der Waals surface area contributed by atoms with E-state index in [2.05, 4.69) is 35.3 Å². The number of pyridine rings is 1. The summed E-state index contributed by atoms with van der Waals surface area (Å²) in [5.74, 6) is 1.35. The average molecular weight is 466 g/mol. The van der Waals surface area contributed by atoms with Gasteiger partial charge in [0.1, 0.15) is 0 Å². The fraction of sp³-hybridized carbons (Fsp3) is 0.400. The van der Waals surface area contributed by atoms with E-state index >= 15 is 0 Å². The first kappa shape index (κ1) is 22.3. The summed E-state index contributed by atoms with van der Waals surface area (Å²) < 4.78 is 0. The fourth-order valence-corrected chi connectivity index (χ4v) is 5.42. The normalized spacial score (nSPS) is 19.0. The number of nitrogens with zero attached hydrogens (tertiary/aromatic N) is 3. The second-order valence-electron chi connectivity index (χ2n) is 10.6. The Kier molecular flexibility index (Phi) is 5.60. The highest BCUT2D eigenvalue weighted by molar-refractivity contribution is 5.98. The summed E-state index contributed by atoms with van der Waals surface area (Å²) in [5, 5.41) is 9.25. The number of aliphatic hydroxyl groups excluding tert-OH is 1. The van der Waals surface area contributed by atoms with Crippen LogP contribution in [0.2, 0.25) is 0 Å². The molecule has 1 atom stereocenters. The van der Waals surface area contributed by atoms with Gasteiger partial charge in [-0.15, -0.1) is 0 Å². The van der Waals surface area contributed by atoms with E-state index in [0.29, 0.717) is 12.3 Å². The molecule has 3 aliphatic carbocycles. The maximum atomic E-state index is 12.9. The van der Waals surface area contributed by atoms with Crippen molar-refractivity contribution < 1.29 is 9.90 Å². The van der Waals surface area contributed by atoms with E-state index in [-0.39, 0.29) is 23.7 Å². The number of carbonyl (C=O) groups excluding carboxylic acids is 1. The Labute approximate surface area is 206 Å². The van der Waals surface area contributed by atoms with Crippen molar-refractivity contribution in [1.29, 1.82) is 0 Å². The molecule has 178 valence electrons. The lowest BCUT2D eigenvalue weighted by Gasteiger charge is -2.18. The van der Waals surface area contributed by atoms with Gasteiger partial charge in [-0.1, -0.05) is 25.1 Å². The summed E-state index contributed by atoms with van der Waals surface area (Å²) >= 11 is 0. The van der Waals surface area contributed by atoms with Crippen molar-refractivity contribution in [3.8, 4) is 11.3 Å². The van der Waals surface area contributed by atoms with Crippen molar-refractivity contribution in [2.45, 2.75) is 63.2 Å². The Balaban J connectivity index is 1.28. The summed E-state index contributed by atoms with van der Waals surface area (Å²) in [6.45, 7) is 1.92. The van der Waals surface area contributed by atoms with Crippen LogP contribution in [0.15, 0.2) is 55.0 Å². The maximum Gasteiger partial charge on any atom is 0.165 e. The van der Waals surface area contributed by atoms with Gasteiger partial charge in [0.15, 0.2) is 11.6 Å². The van der Waals surface area contributed by atoms with Crippen LogP contribution in [0.3, 0.4) is 0 Å². The highest BCUT2D eigenvalue weighted by atomic mass is 16.3. The van der Waals surface area contributed by atoms with Crippen LogP contribution >= 0.6 is 0 Å². The van der Waals surface area contributed by atoms with Crippen LogP contribution in [-0.4, -0.2) is 32.4 Å². The lowest BCUT2D eigenvalue weighted by molar-refractivity contribution is 0.0908. The fourth-order valence-electron chi connectivity index (χ4n) is 5.42. The molecule has 35 heavy (non-hydrogen) atoms. The minimum Gasteiger partial charge on any atom is -0.396 e. The van der Waals surface area contributed by atoms with Crippen molar-refractivity contribution in [2.24, 2.45) is 5.92 Å². The number of Topliss-reactive ketones (excluding diaryl/α,β-unsaturated/α-hetero) is 1. The summed E-state index contributed by atoms with van der Waals surface area (Å²) in [6.07, 6.45) is 15.1. The van der Waals surface area contributed by atoms with Gasteiger partial charge in [0, 0.05) is 48.7 Å². The van der Waals surface area contributed by atoms with Gasteiger partial charge in [-0.2, -0.15) is 0 Å². The monoisotopic (exact) mass is 465 g/mol. The standard InChI is InChI=1S/C30H31N3O2/c1-19(8-13-34)28(35)22-4-5-26-24(14-22)15-23(6-9-30(26)10-11-30)29-32-17-25(18-33-29)27-16-21(7-12-31-27)20-2-3-20/h4-7,12,14,16-20,34H,2-3,8-11,13,15H2,1H3. The SMILES string of the molecule is CC(CCO)C(=O)c1ccc2c(c1)CC(c1ncc(-c3cc(C4CC4)ccn3)cn1)=CCC21CC1. The van der Waals surface area contributed by atoms with Crippen LogP contribution in [0, 0.1) is 5.92 Å². The van der Waals surface area contributed by atoms with Crippen molar-refractivity contribution in [2.75, 3.05) is 6.61 Å². The second kappa shape index (κ2) is 8.80. The molecule has 1 spiro atoms. The number of allylic oxidation sites excluding steroid dienone is 2. The number of carbonyl (C=O) groups is 1. The van der Waals surface area contributed by atoms with Gasteiger partial charge in [0.05, 0.1) is 5.69 Å². The number of ketones is 1. The first-order valence-electron chi connectivity index (χ1n) is 12.8. The van der Waals surface area contributed by atoms with E-state index in [1.54, 1.807) is 0 Å². The van der Waals surface area contributed by atoms with Gasteiger partial charge < -0.3 is 5.11 Å². The molecule has 0 saturated heterocycles.